The maximum Gasteiger partial charge on any atom is 0.0441 e. The minimum absolute atomic E-state index is 0.542. The second-order valence-electron chi connectivity index (χ2n) is 5.80. The van der Waals surface area contributed by atoms with Crippen LogP contribution in [0.3, 0.4) is 0 Å². The van der Waals surface area contributed by atoms with Gasteiger partial charge >= 0.3 is 0 Å². The molecule has 0 heterocycles. The van der Waals surface area contributed by atoms with Gasteiger partial charge in [-0.2, -0.15) is 0 Å². The van der Waals surface area contributed by atoms with Crippen LogP contribution in [0.4, 0.5) is 0 Å². The summed E-state index contributed by atoms with van der Waals surface area (Å²) < 4.78 is 0. The van der Waals surface area contributed by atoms with Crippen LogP contribution >= 0.6 is 11.6 Å². The first kappa shape index (κ1) is 17.5. The Bertz CT molecular complexity index is 383. The van der Waals surface area contributed by atoms with Crippen LogP contribution in [-0.4, -0.2) is 12.6 Å². The van der Waals surface area contributed by atoms with E-state index in [0.717, 1.165) is 23.9 Å². The summed E-state index contributed by atoms with van der Waals surface area (Å²) in [4.78, 5) is 0. The molecule has 20 heavy (non-hydrogen) atoms. The normalized spacial score (nSPS) is 12.9. The average molecular weight is 296 g/mol. The topological polar surface area (TPSA) is 12.0 Å². The summed E-state index contributed by atoms with van der Waals surface area (Å²) in [6.07, 6.45) is 6.16. The summed E-state index contributed by atoms with van der Waals surface area (Å²) in [5.41, 5.74) is 2.51. The Labute approximate surface area is 130 Å². The van der Waals surface area contributed by atoms with E-state index >= 15 is 0 Å². The Balaban J connectivity index is 2.83. The fourth-order valence-electron chi connectivity index (χ4n) is 3.01. The maximum atomic E-state index is 6.40. The summed E-state index contributed by atoms with van der Waals surface area (Å²) in [6, 6.07) is 6.98. The fourth-order valence-corrected chi connectivity index (χ4v) is 3.32. The molecule has 0 spiro atoms. The van der Waals surface area contributed by atoms with Gasteiger partial charge in [-0.3, -0.25) is 0 Å². The van der Waals surface area contributed by atoms with Gasteiger partial charge < -0.3 is 5.32 Å². The van der Waals surface area contributed by atoms with Crippen molar-refractivity contribution in [1.82, 2.24) is 5.32 Å². The molecule has 0 aliphatic carbocycles. The second-order valence-corrected chi connectivity index (χ2v) is 6.21. The first-order valence-corrected chi connectivity index (χ1v) is 8.48. The molecular weight excluding hydrogens is 266 g/mol. The van der Waals surface area contributed by atoms with Gasteiger partial charge in [-0.25, -0.2) is 0 Å². The van der Waals surface area contributed by atoms with Crippen molar-refractivity contribution in [2.24, 2.45) is 5.92 Å². The van der Waals surface area contributed by atoms with Gasteiger partial charge in [0.2, 0.25) is 0 Å². The van der Waals surface area contributed by atoms with Crippen molar-refractivity contribution < 1.29 is 0 Å². The highest BCUT2D eigenvalue weighted by molar-refractivity contribution is 6.31. The molecule has 1 nitrogen and oxygen atoms in total. The zero-order valence-electron chi connectivity index (χ0n) is 13.5. The van der Waals surface area contributed by atoms with Crippen LogP contribution in [-0.2, 0) is 6.42 Å². The molecule has 1 aromatic carbocycles. The summed E-state index contributed by atoms with van der Waals surface area (Å²) >= 11 is 6.40. The lowest BCUT2D eigenvalue weighted by Crippen LogP contribution is -2.38. The van der Waals surface area contributed by atoms with E-state index in [2.05, 4.69) is 51.2 Å². The predicted octanol–water partition coefficient (Wildman–Crippen LogP) is 5.39. The average Bonchev–Trinajstić information content (AvgIpc) is 2.41. The molecule has 114 valence electrons. The number of nitrogens with one attached hydrogen (secondary N) is 1. The van der Waals surface area contributed by atoms with Gasteiger partial charge in [0.25, 0.3) is 0 Å². The van der Waals surface area contributed by atoms with Gasteiger partial charge in [0.05, 0.1) is 0 Å². The van der Waals surface area contributed by atoms with Crippen molar-refractivity contribution in [1.29, 1.82) is 0 Å². The van der Waals surface area contributed by atoms with Gasteiger partial charge in [-0.15, -0.1) is 0 Å². The monoisotopic (exact) mass is 295 g/mol. The first-order valence-electron chi connectivity index (χ1n) is 8.10. The van der Waals surface area contributed by atoms with Crippen molar-refractivity contribution in [3.63, 3.8) is 0 Å². The Morgan fingerprint density at radius 3 is 2.25 bits per heavy atom. The Kier molecular flexibility index (Phi) is 8.25. The van der Waals surface area contributed by atoms with Crippen LogP contribution < -0.4 is 5.32 Å². The largest absolute Gasteiger partial charge is 0.314 e. The van der Waals surface area contributed by atoms with E-state index in [9.17, 15) is 0 Å². The third kappa shape index (κ3) is 5.46. The molecule has 0 aliphatic rings. The molecule has 0 aliphatic heterocycles. The molecule has 1 atom stereocenters. The number of benzene rings is 1. The van der Waals surface area contributed by atoms with Crippen LogP contribution in [0.1, 0.15) is 57.6 Å². The molecule has 0 fully saturated rings. The molecule has 0 radical (unpaired) electrons. The van der Waals surface area contributed by atoms with Crippen LogP contribution in [0.15, 0.2) is 18.2 Å². The summed E-state index contributed by atoms with van der Waals surface area (Å²) in [6.45, 7) is 9.88. The summed E-state index contributed by atoms with van der Waals surface area (Å²) in [5, 5.41) is 4.60. The van der Waals surface area contributed by atoms with Crippen LogP contribution in [0.25, 0.3) is 0 Å². The van der Waals surface area contributed by atoms with E-state index in [-0.39, 0.29) is 0 Å². The lowest BCUT2D eigenvalue weighted by atomic mass is 9.86. The van der Waals surface area contributed by atoms with E-state index in [1.54, 1.807) is 0 Å². The molecule has 1 rings (SSSR count). The van der Waals surface area contributed by atoms with Gasteiger partial charge in [-0.05, 0) is 55.8 Å². The number of hydrogen-bond acceptors (Lipinski definition) is 1. The minimum Gasteiger partial charge on any atom is -0.314 e. The molecule has 2 heteroatoms. The van der Waals surface area contributed by atoms with Gasteiger partial charge in [0.15, 0.2) is 0 Å². The van der Waals surface area contributed by atoms with E-state index in [1.807, 2.05) is 0 Å². The molecule has 1 N–H and O–H groups in total. The van der Waals surface area contributed by atoms with Crippen molar-refractivity contribution in [3.05, 3.63) is 34.3 Å². The van der Waals surface area contributed by atoms with Crippen molar-refractivity contribution >= 4 is 11.6 Å². The highest BCUT2D eigenvalue weighted by atomic mass is 35.5. The highest BCUT2D eigenvalue weighted by Crippen LogP contribution is 2.25. The fraction of sp³-hybridized carbons (Fsp3) is 0.667. The smallest absolute Gasteiger partial charge is 0.0441 e. The van der Waals surface area contributed by atoms with E-state index in [1.165, 1.54) is 36.8 Å². The van der Waals surface area contributed by atoms with Crippen LogP contribution in [0.5, 0.6) is 0 Å². The summed E-state index contributed by atoms with van der Waals surface area (Å²) in [7, 11) is 0. The van der Waals surface area contributed by atoms with Gasteiger partial charge in [-0.1, -0.05) is 57.3 Å². The van der Waals surface area contributed by atoms with E-state index < -0.39 is 0 Å². The highest BCUT2D eigenvalue weighted by Gasteiger charge is 2.20. The number of likely N-dealkylation sites (N-methyl/N-ethyl adjacent to an activating group) is 1. The quantitative estimate of drug-likeness (QED) is 0.644. The molecule has 1 aromatic rings. The van der Waals surface area contributed by atoms with Gasteiger partial charge in [0.1, 0.15) is 0 Å². The Hall–Kier alpha value is -0.530. The molecule has 0 saturated heterocycles. The number of halogens is 1. The number of rotatable bonds is 9. The Morgan fingerprint density at radius 2 is 1.75 bits per heavy atom. The van der Waals surface area contributed by atoms with Gasteiger partial charge in [0, 0.05) is 11.1 Å². The van der Waals surface area contributed by atoms with E-state index in [4.69, 9.17) is 11.6 Å². The lowest BCUT2D eigenvalue weighted by molar-refractivity contribution is 0.312. The van der Waals surface area contributed by atoms with Crippen LogP contribution in [0, 0.1) is 12.8 Å². The molecule has 0 aromatic heterocycles. The standard InChI is InChI=1S/C18H30ClN/c1-5-8-15(9-6-2)18(20-7-3)13-16-11-10-14(4)12-17(16)19/h10-12,15,18,20H,5-9,13H2,1-4H3. The summed E-state index contributed by atoms with van der Waals surface area (Å²) in [5.74, 6) is 0.752. The van der Waals surface area contributed by atoms with Crippen LogP contribution in [0.2, 0.25) is 5.02 Å². The SMILES string of the molecule is CCCC(CCC)C(Cc1ccc(C)cc1Cl)NCC. The minimum atomic E-state index is 0.542. The predicted molar refractivity (Wildman–Crippen MR) is 90.7 cm³/mol. The Morgan fingerprint density at radius 1 is 1.10 bits per heavy atom. The number of aryl methyl sites for hydroxylation is 1. The lowest BCUT2D eigenvalue weighted by Gasteiger charge is -2.28. The zero-order valence-corrected chi connectivity index (χ0v) is 14.3. The molecule has 0 bridgehead atoms. The molecule has 0 amide bonds. The van der Waals surface area contributed by atoms with Crippen molar-refractivity contribution in [2.45, 2.75) is 65.8 Å². The van der Waals surface area contributed by atoms with Crippen molar-refractivity contribution in [3.8, 4) is 0 Å². The second kappa shape index (κ2) is 9.41. The van der Waals surface area contributed by atoms with Crippen molar-refractivity contribution in [2.75, 3.05) is 6.54 Å². The first-order chi connectivity index (χ1) is 9.62. The van der Waals surface area contributed by atoms with E-state index in [0.29, 0.717) is 6.04 Å². The molecule has 0 saturated carbocycles. The molecular formula is C18H30ClN. The molecule has 1 unspecified atom stereocenters. The number of hydrogen-bond donors (Lipinski definition) is 1. The zero-order chi connectivity index (χ0) is 15.0. The third-order valence-electron chi connectivity index (χ3n) is 4.00. The maximum absolute atomic E-state index is 6.40. The third-order valence-corrected chi connectivity index (χ3v) is 4.35.